The van der Waals surface area contributed by atoms with Gasteiger partial charge in [0.2, 0.25) is 0 Å². The highest BCUT2D eigenvalue weighted by Crippen LogP contribution is 2.49. The maximum Gasteiger partial charge on any atom is 0.298 e. The predicted molar refractivity (Wildman–Crippen MR) is 275 cm³/mol. The van der Waals surface area contributed by atoms with E-state index in [1.54, 1.807) is 6.92 Å². The van der Waals surface area contributed by atoms with Crippen LogP contribution in [0.4, 0.5) is 56.9 Å². The van der Waals surface area contributed by atoms with Gasteiger partial charge in [-0.05, 0) is 73.5 Å². The van der Waals surface area contributed by atoms with Crippen LogP contribution in [-0.4, -0.2) is 93.1 Å². The van der Waals surface area contributed by atoms with Crippen LogP contribution in [0.3, 0.4) is 0 Å². The highest BCUT2D eigenvalue weighted by atomic mass is 32.2. The van der Waals surface area contributed by atoms with Crippen LogP contribution < -0.4 is 15.2 Å². The third-order valence-electron chi connectivity index (χ3n) is 10.8. The number of fused-ring (bicyclic) bond motifs is 2. The number of azo groups is 4. The van der Waals surface area contributed by atoms with Gasteiger partial charge in [-0.3, -0.25) is 37.7 Å². The minimum absolute atomic E-state index is 0.0289. The fourth-order valence-electron chi connectivity index (χ4n) is 7.26. The molecule has 0 saturated heterocycles. The van der Waals surface area contributed by atoms with Crippen molar-refractivity contribution in [1.29, 1.82) is 0 Å². The van der Waals surface area contributed by atoms with Crippen molar-refractivity contribution in [1.82, 2.24) is 0 Å². The molecule has 0 aromatic heterocycles. The van der Waals surface area contributed by atoms with Crippen molar-refractivity contribution < 1.29 is 94.3 Å². The number of aromatic hydroxyl groups is 2. The first-order chi connectivity index (χ1) is 37.2. The Labute approximate surface area is 449 Å². The molecule has 7 aromatic carbocycles. The maximum absolute atomic E-state index is 13.1. The summed E-state index contributed by atoms with van der Waals surface area (Å²) < 4.78 is 186. The summed E-state index contributed by atoms with van der Waals surface area (Å²) in [6.45, 7) is 3.23. The van der Waals surface area contributed by atoms with Crippen LogP contribution in [-0.2, 0) is 55.4 Å². The zero-order valence-corrected chi connectivity index (χ0v) is 44.1. The number of carbonyl (C=O) groups is 1. The van der Waals surface area contributed by atoms with Gasteiger partial charge in [0.15, 0.2) is 17.2 Å². The smallest absolute Gasteiger partial charge is 0.298 e. The van der Waals surface area contributed by atoms with Crippen LogP contribution in [0.15, 0.2) is 150 Å². The van der Waals surface area contributed by atoms with Crippen molar-refractivity contribution in [2.75, 3.05) is 12.3 Å². The van der Waals surface area contributed by atoms with Crippen molar-refractivity contribution in [3.05, 3.63) is 101 Å². The molecule has 0 fully saturated rings. The van der Waals surface area contributed by atoms with Crippen LogP contribution in [0.2, 0.25) is 0 Å². The van der Waals surface area contributed by atoms with Crippen molar-refractivity contribution in [3.8, 4) is 23.0 Å². The largest absolute Gasteiger partial charge is 0.505 e. The second-order valence-corrected chi connectivity index (χ2v) is 23.1. The molecule has 0 atom stereocenters. The zero-order chi connectivity index (χ0) is 59.0. The number of nitro benzene ring substituents is 1. The topological polar surface area (TPSA) is 516 Å². The van der Waals surface area contributed by atoms with Gasteiger partial charge in [0, 0.05) is 40.4 Å². The van der Waals surface area contributed by atoms with Crippen LogP contribution in [0, 0.1) is 17.0 Å². The third-order valence-corrected chi connectivity index (χ3v) is 15.3. The number of rotatable bonds is 19. The number of aryl methyl sites for hydroxylation is 1. The molecular formula is C43H34N10O22S5. The van der Waals surface area contributed by atoms with Gasteiger partial charge < -0.3 is 25.4 Å². The first-order valence-corrected chi connectivity index (χ1v) is 28.7. The summed E-state index contributed by atoms with van der Waals surface area (Å²) in [5.74, 6) is -2.69. The van der Waals surface area contributed by atoms with Crippen molar-refractivity contribution in [3.63, 3.8) is 0 Å². The molecule has 37 heteroatoms. The first-order valence-electron chi connectivity index (χ1n) is 21.5. The highest BCUT2D eigenvalue weighted by molar-refractivity contribution is 7.87. The summed E-state index contributed by atoms with van der Waals surface area (Å²) in [6.07, 6.45) is 0.421. The van der Waals surface area contributed by atoms with Crippen molar-refractivity contribution in [2.24, 2.45) is 40.9 Å². The summed E-state index contributed by atoms with van der Waals surface area (Å²) >= 11 is 0. The third kappa shape index (κ3) is 12.5. The molecule has 0 aliphatic heterocycles. The molecule has 0 aliphatic carbocycles. The number of benzene rings is 7. The molecule has 418 valence electrons. The van der Waals surface area contributed by atoms with Crippen LogP contribution >= 0.6 is 0 Å². The van der Waals surface area contributed by atoms with Gasteiger partial charge in [-0.15, -0.1) is 35.8 Å². The molecule has 7 rings (SSSR count). The Hall–Kier alpha value is -8.92. The van der Waals surface area contributed by atoms with Gasteiger partial charge in [0.25, 0.3) is 62.8 Å². The quantitative estimate of drug-likeness (QED) is 0.00932. The number of hydrogen-bond donors (Lipinski definition) is 8. The van der Waals surface area contributed by atoms with Crippen molar-refractivity contribution in [2.45, 2.75) is 44.7 Å². The van der Waals surface area contributed by atoms with Gasteiger partial charge in [-0.25, -0.2) is 0 Å². The van der Waals surface area contributed by atoms with E-state index in [9.17, 15) is 90.0 Å². The maximum atomic E-state index is 13.1. The minimum Gasteiger partial charge on any atom is -0.505 e. The van der Waals surface area contributed by atoms with Crippen LogP contribution in [0.1, 0.15) is 18.9 Å². The average molecular weight is 1200 g/mol. The number of nitrogens with zero attached hydrogens (tertiary/aromatic N) is 9. The Bertz CT molecular complexity index is 4520. The van der Waals surface area contributed by atoms with Gasteiger partial charge in [-0.1, -0.05) is 13.0 Å². The minimum atomic E-state index is -5.61. The van der Waals surface area contributed by atoms with E-state index in [0.717, 1.165) is 54.6 Å². The van der Waals surface area contributed by atoms with E-state index in [1.165, 1.54) is 19.1 Å². The number of carbonyl (C=O) groups excluding carboxylic acids is 1. The van der Waals surface area contributed by atoms with Crippen LogP contribution in [0.5, 0.6) is 23.0 Å². The number of anilines is 1. The zero-order valence-electron chi connectivity index (χ0n) is 40.0. The lowest BCUT2D eigenvalue weighted by Gasteiger charge is -2.14. The Balaban J connectivity index is 1.33. The molecule has 9 N–H and O–H groups in total. The van der Waals surface area contributed by atoms with Gasteiger partial charge in [0.1, 0.15) is 65.1 Å². The molecule has 0 spiro atoms. The number of nitro groups is 1. The summed E-state index contributed by atoms with van der Waals surface area (Å²) in [6, 6.07) is 12.1. The Morgan fingerprint density at radius 2 is 1.11 bits per heavy atom. The Kier molecular flexibility index (Phi) is 16.2. The second kappa shape index (κ2) is 22.1. The summed E-state index contributed by atoms with van der Waals surface area (Å²) in [7, 11) is -26.3. The molecule has 0 unspecified atom stereocenters. The summed E-state index contributed by atoms with van der Waals surface area (Å²) in [4.78, 5) is 16.1. The molecule has 0 saturated carbocycles. The number of non-ortho nitro benzene ring substituents is 1. The lowest BCUT2D eigenvalue weighted by Crippen LogP contribution is -2.03. The van der Waals surface area contributed by atoms with E-state index in [4.69, 9.17) is 15.2 Å². The molecule has 0 heterocycles. The van der Waals surface area contributed by atoms with E-state index in [-0.39, 0.29) is 41.5 Å². The lowest BCUT2D eigenvalue weighted by molar-refractivity contribution is -0.385. The summed E-state index contributed by atoms with van der Waals surface area (Å²) in [5.41, 5.74) is 0.901. The number of phenolic OH excluding ortho intramolecular Hbond substituents is 2. The van der Waals surface area contributed by atoms with Gasteiger partial charge in [-0.2, -0.15) is 47.2 Å². The van der Waals surface area contributed by atoms with Crippen LogP contribution in [0.25, 0.3) is 21.5 Å². The molecule has 0 aliphatic rings. The van der Waals surface area contributed by atoms with E-state index in [0.29, 0.717) is 24.6 Å². The molecule has 0 bridgehead atoms. The fourth-order valence-corrected chi connectivity index (χ4v) is 10.6. The molecule has 0 radical (unpaired) electrons. The molecular weight excluding hydrogens is 1170 g/mol. The normalized spacial score (nSPS) is 12.9. The second-order valence-electron chi connectivity index (χ2n) is 16.1. The molecule has 32 nitrogen and oxygen atoms in total. The standard InChI is InChI=1S/C43H34N10O22S5/c1-3-12-74-34-17-30(49-45-26-9-5-22(76(59,60)61)15-33(26)75-19-54)20(2)13-31(34)50-52-40-37(79(68,69)70)16-25-23(41(40)55)6-11-29(43(25)80(71,72)73)48-51-32-18-35(77(62,63)64)24-7-10-28(42(56)38(24)39(32)44)47-46-27-8-4-21(53(57)58)14-36(27)78(65,66)67/h4-11,13-19,55-56H,3,12,44H2,1-2H3,(H,59,60,61)(H,62,63,64)(H,65,66,67)(H,68,69,70)(H,71,72,73). The predicted octanol–water partition coefficient (Wildman–Crippen LogP) is 9.42. The lowest BCUT2D eigenvalue weighted by atomic mass is 10.1. The monoisotopic (exact) mass is 1200 g/mol. The number of phenols is 2. The summed E-state index contributed by atoms with van der Waals surface area (Å²) in [5, 5.41) is 62.3. The van der Waals surface area contributed by atoms with E-state index >= 15 is 0 Å². The Morgan fingerprint density at radius 1 is 0.550 bits per heavy atom. The number of ether oxygens (including phenoxy) is 2. The van der Waals surface area contributed by atoms with Gasteiger partial charge >= 0.3 is 0 Å². The molecule has 80 heavy (non-hydrogen) atoms. The Morgan fingerprint density at radius 3 is 1.73 bits per heavy atom. The average Bonchev–Trinajstić information content (AvgIpc) is 3.51. The number of nitrogen functional groups attached to an aromatic ring is 1. The van der Waals surface area contributed by atoms with Gasteiger partial charge in [0.05, 0.1) is 33.2 Å². The highest BCUT2D eigenvalue weighted by Gasteiger charge is 2.29. The van der Waals surface area contributed by atoms with Crippen molar-refractivity contribution >= 4 is 135 Å². The molecule has 0 amide bonds. The SMILES string of the molecule is CCCOc1cc(N=Nc2ccc(S(=O)(=O)O)cc2OC=O)c(C)cc1N=Nc1c(S(=O)(=O)O)cc2c(S(=O)(=O)O)c(N=Nc3cc(S(=O)(=O)O)c4ccc(N=Nc5ccc([N+](=O)[O-])cc5S(=O)(=O)O)c(O)c4c3N)ccc2c1O. The first kappa shape index (κ1) is 58.8. The number of nitrogens with two attached hydrogens (primary N) is 1. The number of hydrogen-bond acceptors (Lipinski definition) is 26. The molecule has 7 aromatic rings. The fraction of sp³-hybridized carbons (Fsp3) is 0.0930. The van der Waals surface area contributed by atoms with E-state index < -0.39 is 159 Å². The van der Waals surface area contributed by atoms with E-state index in [2.05, 4.69) is 40.9 Å². The van der Waals surface area contributed by atoms with E-state index in [1.807, 2.05) is 0 Å².